The van der Waals surface area contributed by atoms with Gasteiger partial charge in [-0.05, 0) is 17.0 Å². The number of carbonyl (C=O) groups excluding carboxylic acids is 4. The first-order valence-electron chi connectivity index (χ1n) is 9.88. The van der Waals surface area contributed by atoms with E-state index in [4.69, 9.17) is 4.74 Å². The number of methoxy groups -OCH3 is 1. The molecule has 1 unspecified atom stereocenters. The maximum absolute atomic E-state index is 12.8. The van der Waals surface area contributed by atoms with Crippen LogP contribution in [0.15, 0.2) is 47.8 Å². The van der Waals surface area contributed by atoms with E-state index in [1.54, 1.807) is 24.0 Å². The van der Waals surface area contributed by atoms with Crippen LogP contribution in [-0.4, -0.2) is 42.0 Å². The molecule has 1 aromatic carbocycles. The molecule has 0 spiro atoms. The van der Waals surface area contributed by atoms with Gasteiger partial charge in [0, 0.05) is 38.8 Å². The SMILES string of the molecule is COC(=O)C(C)CN(Cc1ccccc1)C(=O)CCC(=O)CCC(=O)c1cccs1. The van der Waals surface area contributed by atoms with E-state index >= 15 is 0 Å². The fourth-order valence-corrected chi connectivity index (χ4v) is 3.70. The van der Waals surface area contributed by atoms with E-state index in [-0.39, 0.29) is 55.7 Å². The van der Waals surface area contributed by atoms with Crippen LogP contribution in [0.5, 0.6) is 0 Å². The van der Waals surface area contributed by atoms with Gasteiger partial charge in [0.25, 0.3) is 0 Å². The van der Waals surface area contributed by atoms with Crippen molar-refractivity contribution in [1.29, 1.82) is 0 Å². The number of rotatable bonds is 12. The lowest BCUT2D eigenvalue weighted by atomic mass is 10.1. The van der Waals surface area contributed by atoms with Crippen molar-refractivity contribution in [3.05, 3.63) is 58.3 Å². The first kappa shape index (κ1) is 23.5. The highest BCUT2D eigenvalue weighted by atomic mass is 32.1. The molecule has 30 heavy (non-hydrogen) atoms. The molecule has 0 fully saturated rings. The predicted molar refractivity (Wildman–Crippen MR) is 115 cm³/mol. The Labute approximate surface area is 180 Å². The zero-order chi connectivity index (χ0) is 21.9. The van der Waals surface area contributed by atoms with Gasteiger partial charge in [-0.2, -0.15) is 0 Å². The summed E-state index contributed by atoms with van der Waals surface area (Å²) in [6.45, 7) is 2.27. The molecule has 0 aliphatic heterocycles. The molecule has 6 nitrogen and oxygen atoms in total. The lowest BCUT2D eigenvalue weighted by Gasteiger charge is -2.25. The minimum absolute atomic E-state index is 0.0484. The summed E-state index contributed by atoms with van der Waals surface area (Å²) in [6, 6.07) is 13.0. The molecule has 0 N–H and O–H groups in total. The molecule has 1 aromatic heterocycles. The second kappa shape index (κ2) is 12.0. The minimum atomic E-state index is -0.471. The van der Waals surface area contributed by atoms with E-state index in [1.807, 2.05) is 35.7 Å². The number of benzene rings is 1. The van der Waals surface area contributed by atoms with Crippen LogP contribution in [0, 0.1) is 5.92 Å². The minimum Gasteiger partial charge on any atom is -0.469 e. The third kappa shape index (κ3) is 7.55. The topological polar surface area (TPSA) is 80.8 Å². The van der Waals surface area contributed by atoms with Gasteiger partial charge < -0.3 is 9.64 Å². The summed E-state index contributed by atoms with van der Waals surface area (Å²) in [5, 5.41) is 1.82. The summed E-state index contributed by atoms with van der Waals surface area (Å²) in [5.41, 5.74) is 0.941. The molecular formula is C23H27NO5S. The predicted octanol–water partition coefficient (Wildman–Crippen LogP) is 3.90. The van der Waals surface area contributed by atoms with Gasteiger partial charge in [0.1, 0.15) is 5.78 Å². The highest BCUT2D eigenvalue weighted by molar-refractivity contribution is 7.12. The Morgan fingerprint density at radius 2 is 1.67 bits per heavy atom. The zero-order valence-corrected chi connectivity index (χ0v) is 18.2. The van der Waals surface area contributed by atoms with Crippen LogP contribution in [0.3, 0.4) is 0 Å². The van der Waals surface area contributed by atoms with Crippen LogP contribution in [0.2, 0.25) is 0 Å². The second-order valence-electron chi connectivity index (χ2n) is 7.12. The van der Waals surface area contributed by atoms with Crippen molar-refractivity contribution in [3.63, 3.8) is 0 Å². The third-order valence-corrected chi connectivity index (χ3v) is 5.62. The van der Waals surface area contributed by atoms with Crippen LogP contribution >= 0.6 is 11.3 Å². The Kier molecular flexibility index (Phi) is 9.41. The lowest BCUT2D eigenvalue weighted by Crippen LogP contribution is -2.37. The van der Waals surface area contributed by atoms with Gasteiger partial charge in [0.15, 0.2) is 5.78 Å². The Morgan fingerprint density at radius 3 is 2.30 bits per heavy atom. The monoisotopic (exact) mass is 429 g/mol. The van der Waals surface area contributed by atoms with E-state index < -0.39 is 5.92 Å². The molecule has 0 saturated carbocycles. The number of hydrogen-bond donors (Lipinski definition) is 0. The highest BCUT2D eigenvalue weighted by Gasteiger charge is 2.22. The number of amides is 1. The van der Waals surface area contributed by atoms with Gasteiger partial charge >= 0.3 is 5.97 Å². The van der Waals surface area contributed by atoms with Crippen molar-refractivity contribution in [2.45, 2.75) is 39.2 Å². The Balaban J connectivity index is 1.89. The smallest absolute Gasteiger partial charge is 0.310 e. The molecule has 160 valence electrons. The molecule has 1 atom stereocenters. The normalized spacial score (nSPS) is 11.5. The Bertz CT molecular complexity index is 848. The van der Waals surface area contributed by atoms with Crippen LogP contribution in [0.4, 0.5) is 0 Å². The maximum atomic E-state index is 12.8. The van der Waals surface area contributed by atoms with Gasteiger partial charge in [-0.25, -0.2) is 0 Å². The van der Waals surface area contributed by atoms with Crippen LogP contribution < -0.4 is 0 Å². The Morgan fingerprint density at radius 1 is 0.967 bits per heavy atom. The highest BCUT2D eigenvalue weighted by Crippen LogP contribution is 2.15. The van der Waals surface area contributed by atoms with Gasteiger partial charge in [-0.3, -0.25) is 19.2 Å². The lowest BCUT2D eigenvalue weighted by molar-refractivity contribution is -0.146. The van der Waals surface area contributed by atoms with E-state index in [0.29, 0.717) is 11.4 Å². The summed E-state index contributed by atoms with van der Waals surface area (Å²) >= 11 is 1.36. The van der Waals surface area contributed by atoms with Gasteiger partial charge in [0.05, 0.1) is 17.9 Å². The van der Waals surface area contributed by atoms with Crippen LogP contribution in [0.25, 0.3) is 0 Å². The fraction of sp³-hybridized carbons (Fsp3) is 0.391. The molecule has 0 aliphatic carbocycles. The van der Waals surface area contributed by atoms with Crippen LogP contribution in [0.1, 0.15) is 47.8 Å². The van der Waals surface area contributed by atoms with Gasteiger partial charge in [-0.15, -0.1) is 11.3 Å². The van der Waals surface area contributed by atoms with Crippen molar-refractivity contribution in [2.24, 2.45) is 5.92 Å². The first-order chi connectivity index (χ1) is 14.4. The summed E-state index contributed by atoms with van der Waals surface area (Å²) in [4.78, 5) is 51.0. The molecule has 1 heterocycles. The maximum Gasteiger partial charge on any atom is 0.310 e. The zero-order valence-electron chi connectivity index (χ0n) is 17.3. The standard InChI is InChI=1S/C23H27NO5S/c1-17(23(28)29-2)15-24(16-18-7-4-3-5-8-18)22(27)13-11-19(25)10-12-20(26)21-9-6-14-30-21/h3-9,14,17H,10-13,15-16H2,1-2H3. The van der Waals surface area contributed by atoms with Gasteiger partial charge in [-0.1, -0.05) is 43.3 Å². The molecule has 7 heteroatoms. The van der Waals surface area contributed by atoms with Gasteiger partial charge in [0.2, 0.25) is 5.91 Å². The summed E-state index contributed by atoms with van der Waals surface area (Å²) in [6.07, 6.45) is 0.406. The second-order valence-corrected chi connectivity index (χ2v) is 8.07. The summed E-state index contributed by atoms with van der Waals surface area (Å²) in [7, 11) is 1.32. The summed E-state index contributed by atoms with van der Waals surface area (Å²) < 4.78 is 4.76. The number of carbonyl (C=O) groups is 4. The van der Waals surface area contributed by atoms with E-state index in [9.17, 15) is 19.2 Å². The average Bonchev–Trinajstić information content (AvgIpc) is 3.30. The number of nitrogens with zero attached hydrogens (tertiary/aromatic N) is 1. The molecule has 1 amide bonds. The molecule has 0 saturated heterocycles. The molecule has 0 bridgehead atoms. The van der Waals surface area contributed by atoms with E-state index in [1.165, 1.54) is 18.4 Å². The van der Waals surface area contributed by atoms with Crippen molar-refractivity contribution in [2.75, 3.05) is 13.7 Å². The van der Waals surface area contributed by atoms with Crippen molar-refractivity contribution in [3.8, 4) is 0 Å². The molecule has 2 rings (SSSR count). The number of ether oxygens (including phenoxy) is 1. The number of Topliss-reactive ketones (excluding diaryl/α,β-unsaturated/α-hetero) is 2. The summed E-state index contributed by atoms with van der Waals surface area (Å²) in [5.74, 6) is -1.23. The van der Waals surface area contributed by atoms with Crippen LogP contribution in [-0.2, 0) is 25.7 Å². The number of esters is 1. The molecular weight excluding hydrogens is 402 g/mol. The largest absolute Gasteiger partial charge is 0.469 e. The molecule has 0 aliphatic rings. The number of thiophene rings is 1. The third-order valence-electron chi connectivity index (χ3n) is 4.71. The average molecular weight is 430 g/mol. The van der Waals surface area contributed by atoms with E-state index in [2.05, 4.69) is 0 Å². The number of ketones is 2. The first-order valence-corrected chi connectivity index (χ1v) is 10.8. The van der Waals surface area contributed by atoms with Crippen molar-refractivity contribution < 1.29 is 23.9 Å². The molecule has 2 aromatic rings. The van der Waals surface area contributed by atoms with Crippen molar-refractivity contribution >= 4 is 34.8 Å². The fourth-order valence-electron chi connectivity index (χ4n) is 3.01. The quantitative estimate of drug-likeness (QED) is 0.378. The van der Waals surface area contributed by atoms with Crippen molar-refractivity contribution in [1.82, 2.24) is 4.90 Å². The molecule has 0 radical (unpaired) electrons. The number of hydrogen-bond acceptors (Lipinski definition) is 6. The van der Waals surface area contributed by atoms with E-state index in [0.717, 1.165) is 5.56 Å². The Hall–Kier alpha value is -2.80.